The van der Waals surface area contributed by atoms with E-state index in [1.807, 2.05) is 6.08 Å². The van der Waals surface area contributed by atoms with Gasteiger partial charge in [-0.15, -0.1) is 0 Å². The number of esters is 1. The number of rotatable bonds is 3. The van der Waals surface area contributed by atoms with Crippen LogP contribution in [0.3, 0.4) is 0 Å². The summed E-state index contributed by atoms with van der Waals surface area (Å²) in [5.74, 6) is 0.393. The minimum absolute atomic E-state index is 0.168. The van der Waals surface area contributed by atoms with Gasteiger partial charge in [-0.25, -0.2) is 0 Å². The van der Waals surface area contributed by atoms with Gasteiger partial charge in [-0.05, 0) is 45.7 Å². The van der Waals surface area contributed by atoms with Crippen LogP contribution in [0.25, 0.3) is 17.2 Å². The second-order valence-corrected chi connectivity index (χ2v) is 9.79. The second kappa shape index (κ2) is 7.63. The largest absolute Gasteiger partial charge is 0.426 e. The maximum absolute atomic E-state index is 11.8. The van der Waals surface area contributed by atoms with E-state index in [4.69, 9.17) is 4.74 Å². The lowest BCUT2D eigenvalue weighted by Gasteiger charge is -2.30. The van der Waals surface area contributed by atoms with Crippen molar-refractivity contribution in [3.05, 3.63) is 58.1 Å². The van der Waals surface area contributed by atoms with Crippen molar-refractivity contribution in [1.82, 2.24) is 0 Å². The van der Waals surface area contributed by atoms with Gasteiger partial charge in [0.15, 0.2) is 0 Å². The number of carbonyl (C=O) groups excluding carboxylic acids is 1. The van der Waals surface area contributed by atoms with Gasteiger partial charge in [0.05, 0.1) is 0 Å². The molecule has 0 N–H and O–H groups in total. The van der Waals surface area contributed by atoms with Crippen LogP contribution in [-0.4, -0.2) is 5.97 Å². The van der Waals surface area contributed by atoms with Gasteiger partial charge >= 0.3 is 5.97 Å². The molecule has 0 spiro atoms. The van der Waals surface area contributed by atoms with Crippen molar-refractivity contribution >= 4 is 28.0 Å². The van der Waals surface area contributed by atoms with Crippen LogP contribution in [-0.2, 0) is 15.6 Å². The number of halogens is 1. The van der Waals surface area contributed by atoms with Gasteiger partial charge in [0.2, 0.25) is 0 Å². The molecule has 0 saturated heterocycles. The number of benzene rings is 2. The highest BCUT2D eigenvalue weighted by atomic mass is 79.9. The smallest absolute Gasteiger partial charge is 0.308 e. The first-order chi connectivity index (χ1) is 12.3. The minimum atomic E-state index is -0.295. The summed E-state index contributed by atoms with van der Waals surface area (Å²) in [6, 6.07) is 10.5. The SMILES string of the molecule is C=Cc1ccc(-c2cc(C(C)(C)C)c(OC(C)=O)c(C(C)(C)C)c2)cc1Br. The maximum atomic E-state index is 11.8. The second-order valence-electron chi connectivity index (χ2n) is 8.93. The first-order valence-electron chi connectivity index (χ1n) is 9.14. The Morgan fingerprint density at radius 1 is 0.963 bits per heavy atom. The van der Waals surface area contributed by atoms with Gasteiger partial charge in [-0.1, -0.05) is 82.3 Å². The van der Waals surface area contributed by atoms with E-state index < -0.39 is 0 Å². The number of carbonyl (C=O) groups is 1. The van der Waals surface area contributed by atoms with Crippen LogP contribution in [0.1, 0.15) is 65.2 Å². The lowest BCUT2D eigenvalue weighted by Crippen LogP contribution is -2.21. The molecular weight excluding hydrogens is 400 g/mol. The van der Waals surface area contributed by atoms with Crippen molar-refractivity contribution in [2.45, 2.75) is 59.3 Å². The van der Waals surface area contributed by atoms with Gasteiger partial charge in [0, 0.05) is 22.5 Å². The van der Waals surface area contributed by atoms with E-state index in [-0.39, 0.29) is 16.8 Å². The van der Waals surface area contributed by atoms with Crippen molar-refractivity contribution in [2.24, 2.45) is 0 Å². The summed E-state index contributed by atoms with van der Waals surface area (Å²) in [5.41, 5.74) is 5.00. The average Bonchev–Trinajstić information content (AvgIpc) is 2.52. The van der Waals surface area contributed by atoms with Gasteiger partial charge in [-0.3, -0.25) is 4.79 Å². The fraction of sp³-hybridized carbons (Fsp3) is 0.375. The molecule has 3 heteroatoms. The zero-order valence-electron chi connectivity index (χ0n) is 17.4. The molecule has 0 unspecified atom stereocenters. The normalized spacial score (nSPS) is 12.0. The van der Waals surface area contributed by atoms with E-state index in [2.05, 4.69) is 94.4 Å². The van der Waals surface area contributed by atoms with Crippen molar-refractivity contribution in [2.75, 3.05) is 0 Å². The van der Waals surface area contributed by atoms with Crippen LogP contribution >= 0.6 is 15.9 Å². The van der Waals surface area contributed by atoms with E-state index >= 15 is 0 Å². The monoisotopic (exact) mass is 428 g/mol. The van der Waals surface area contributed by atoms with Crippen LogP contribution in [0.5, 0.6) is 5.75 Å². The Bertz CT molecular complexity index is 845. The predicted molar refractivity (Wildman–Crippen MR) is 118 cm³/mol. The zero-order chi connectivity index (χ0) is 20.6. The third kappa shape index (κ3) is 4.90. The Hall–Kier alpha value is -1.87. The van der Waals surface area contributed by atoms with E-state index in [0.29, 0.717) is 5.75 Å². The highest BCUT2D eigenvalue weighted by Crippen LogP contribution is 2.43. The summed E-state index contributed by atoms with van der Waals surface area (Å²) < 4.78 is 6.73. The van der Waals surface area contributed by atoms with Crippen LogP contribution in [0.15, 0.2) is 41.4 Å². The third-order valence-corrected chi connectivity index (χ3v) is 5.19. The molecule has 0 amide bonds. The van der Waals surface area contributed by atoms with Gasteiger partial charge < -0.3 is 4.74 Å². The van der Waals surface area contributed by atoms with E-state index in [1.165, 1.54) is 6.92 Å². The molecule has 2 rings (SSSR count). The fourth-order valence-electron chi connectivity index (χ4n) is 3.04. The zero-order valence-corrected chi connectivity index (χ0v) is 19.0. The molecule has 0 atom stereocenters. The molecule has 0 bridgehead atoms. The molecule has 0 saturated carbocycles. The van der Waals surface area contributed by atoms with Crippen molar-refractivity contribution < 1.29 is 9.53 Å². The van der Waals surface area contributed by atoms with E-state index in [0.717, 1.165) is 32.3 Å². The van der Waals surface area contributed by atoms with Crippen molar-refractivity contribution in [3.63, 3.8) is 0 Å². The average molecular weight is 429 g/mol. The third-order valence-electron chi connectivity index (χ3n) is 4.50. The first kappa shape index (κ1) is 21.4. The lowest BCUT2D eigenvalue weighted by molar-refractivity contribution is -0.132. The number of hydrogen-bond donors (Lipinski definition) is 0. The summed E-state index contributed by atoms with van der Waals surface area (Å²) in [6.45, 7) is 18.2. The number of hydrogen-bond acceptors (Lipinski definition) is 2. The number of ether oxygens (including phenoxy) is 1. The molecule has 0 aromatic heterocycles. The lowest BCUT2D eigenvalue weighted by atomic mass is 9.77. The Kier molecular flexibility index (Phi) is 6.06. The van der Waals surface area contributed by atoms with Gasteiger partial charge in [0.1, 0.15) is 5.75 Å². The molecule has 2 aromatic carbocycles. The van der Waals surface area contributed by atoms with Crippen LogP contribution < -0.4 is 4.74 Å². The molecule has 0 fully saturated rings. The molecule has 0 aliphatic carbocycles. The van der Waals surface area contributed by atoms with E-state index in [1.54, 1.807) is 0 Å². The maximum Gasteiger partial charge on any atom is 0.308 e. The molecule has 0 radical (unpaired) electrons. The van der Waals surface area contributed by atoms with Crippen molar-refractivity contribution in [1.29, 1.82) is 0 Å². The summed E-state index contributed by atoms with van der Waals surface area (Å²) in [7, 11) is 0. The first-order valence-corrected chi connectivity index (χ1v) is 9.93. The molecule has 2 nitrogen and oxygen atoms in total. The molecule has 0 aliphatic rings. The fourth-order valence-corrected chi connectivity index (χ4v) is 3.58. The standard InChI is InChI=1S/C24H29BrO2/c1-9-16-10-11-17(14-21(16)25)18-12-19(23(3,4)5)22(27-15(2)26)20(13-18)24(6,7)8/h9-14H,1H2,2-8H3. The molecule has 144 valence electrons. The minimum Gasteiger partial charge on any atom is -0.426 e. The summed E-state index contributed by atoms with van der Waals surface area (Å²) in [5, 5.41) is 0. The summed E-state index contributed by atoms with van der Waals surface area (Å²) in [4.78, 5) is 11.8. The van der Waals surface area contributed by atoms with Crippen LogP contribution in [0.4, 0.5) is 0 Å². The predicted octanol–water partition coefficient (Wildman–Crippen LogP) is 7.28. The van der Waals surface area contributed by atoms with Crippen LogP contribution in [0.2, 0.25) is 0 Å². The quantitative estimate of drug-likeness (QED) is 0.379. The summed E-state index contributed by atoms with van der Waals surface area (Å²) >= 11 is 3.63. The van der Waals surface area contributed by atoms with E-state index in [9.17, 15) is 4.79 Å². The highest BCUT2D eigenvalue weighted by Gasteiger charge is 2.29. The highest BCUT2D eigenvalue weighted by molar-refractivity contribution is 9.10. The Morgan fingerprint density at radius 3 is 1.85 bits per heavy atom. The molecule has 0 aliphatic heterocycles. The van der Waals surface area contributed by atoms with Crippen LogP contribution in [0, 0.1) is 0 Å². The van der Waals surface area contributed by atoms with Crippen molar-refractivity contribution in [3.8, 4) is 16.9 Å². The molecule has 2 aromatic rings. The Morgan fingerprint density at radius 2 is 1.48 bits per heavy atom. The molecule has 27 heavy (non-hydrogen) atoms. The Balaban J connectivity index is 2.83. The summed E-state index contributed by atoms with van der Waals surface area (Å²) in [6.07, 6.45) is 1.83. The van der Waals surface area contributed by atoms with Gasteiger partial charge in [0.25, 0.3) is 0 Å². The molecular formula is C24H29BrO2. The topological polar surface area (TPSA) is 26.3 Å². The molecule has 0 heterocycles. The Labute approximate surface area is 171 Å². The van der Waals surface area contributed by atoms with Gasteiger partial charge in [-0.2, -0.15) is 0 Å².